The van der Waals surface area contributed by atoms with Crippen LogP contribution in [0.3, 0.4) is 0 Å². The van der Waals surface area contributed by atoms with Crippen LogP contribution in [-0.4, -0.2) is 75.2 Å². The first kappa shape index (κ1) is 17.4. The Hall–Kier alpha value is -0.650. The largest absolute Gasteiger partial charge is 0.468 e. The molecular formula is C15H31N3O2. The molecule has 5 heteroatoms. The van der Waals surface area contributed by atoms with E-state index >= 15 is 0 Å². The number of hydrogen-bond acceptors (Lipinski definition) is 5. The zero-order chi connectivity index (χ0) is 15.2. The van der Waals surface area contributed by atoms with E-state index in [1.54, 1.807) is 0 Å². The molecular weight excluding hydrogens is 254 g/mol. The number of rotatable bonds is 10. The number of methoxy groups -OCH3 is 1. The topological polar surface area (TPSA) is 44.8 Å². The summed E-state index contributed by atoms with van der Waals surface area (Å²) < 4.78 is 4.96. The van der Waals surface area contributed by atoms with E-state index in [2.05, 4.69) is 36.3 Å². The fourth-order valence-corrected chi connectivity index (χ4v) is 2.32. The van der Waals surface area contributed by atoms with E-state index < -0.39 is 5.54 Å². The van der Waals surface area contributed by atoms with E-state index in [0.717, 1.165) is 32.5 Å². The summed E-state index contributed by atoms with van der Waals surface area (Å²) in [5.74, 6) is -0.147. The average Bonchev–Trinajstić information content (AvgIpc) is 3.18. The van der Waals surface area contributed by atoms with Gasteiger partial charge in [-0.1, -0.05) is 0 Å². The Morgan fingerprint density at radius 3 is 2.40 bits per heavy atom. The molecule has 0 aromatic carbocycles. The second-order valence-electron chi connectivity index (χ2n) is 6.45. The van der Waals surface area contributed by atoms with Gasteiger partial charge in [-0.05, 0) is 66.8 Å². The van der Waals surface area contributed by atoms with Crippen molar-refractivity contribution in [2.75, 3.05) is 47.9 Å². The lowest BCUT2D eigenvalue weighted by Gasteiger charge is -2.30. The number of carbonyl (C=O) groups is 1. The van der Waals surface area contributed by atoms with Crippen molar-refractivity contribution in [1.82, 2.24) is 15.1 Å². The first-order valence-electron chi connectivity index (χ1n) is 7.57. The molecule has 0 bridgehead atoms. The molecule has 118 valence electrons. The predicted molar refractivity (Wildman–Crippen MR) is 81.9 cm³/mol. The normalized spacial score (nSPS) is 18.4. The van der Waals surface area contributed by atoms with Crippen LogP contribution in [0.5, 0.6) is 0 Å². The Morgan fingerprint density at radius 1 is 1.25 bits per heavy atom. The van der Waals surface area contributed by atoms with Crippen LogP contribution in [-0.2, 0) is 9.53 Å². The SMILES string of the molecule is COC(=O)C(C)(CCN(C)CCCN(C)C)NC1CC1. The molecule has 0 heterocycles. The lowest BCUT2D eigenvalue weighted by molar-refractivity contribution is -0.148. The van der Waals surface area contributed by atoms with Crippen LogP contribution in [0.2, 0.25) is 0 Å². The summed E-state index contributed by atoms with van der Waals surface area (Å²) in [6.45, 7) is 5.02. The smallest absolute Gasteiger partial charge is 0.325 e. The van der Waals surface area contributed by atoms with Gasteiger partial charge in [-0.2, -0.15) is 0 Å². The van der Waals surface area contributed by atoms with Crippen molar-refractivity contribution in [3.63, 3.8) is 0 Å². The highest BCUT2D eigenvalue weighted by molar-refractivity contribution is 5.80. The van der Waals surface area contributed by atoms with Crippen molar-refractivity contribution in [2.45, 2.75) is 44.2 Å². The van der Waals surface area contributed by atoms with E-state index in [9.17, 15) is 4.79 Å². The van der Waals surface area contributed by atoms with Crippen molar-refractivity contribution in [2.24, 2.45) is 0 Å². The number of hydrogen-bond donors (Lipinski definition) is 1. The summed E-state index contributed by atoms with van der Waals surface area (Å²) in [7, 11) is 7.77. The summed E-state index contributed by atoms with van der Waals surface area (Å²) in [6.07, 6.45) is 4.28. The molecule has 1 fully saturated rings. The van der Waals surface area contributed by atoms with Gasteiger partial charge in [0, 0.05) is 12.6 Å². The zero-order valence-corrected chi connectivity index (χ0v) is 13.7. The molecule has 1 atom stereocenters. The maximum atomic E-state index is 12.0. The van der Waals surface area contributed by atoms with Gasteiger partial charge in [0.05, 0.1) is 7.11 Å². The lowest BCUT2D eigenvalue weighted by Crippen LogP contribution is -2.52. The number of nitrogens with zero attached hydrogens (tertiary/aromatic N) is 2. The zero-order valence-electron chi connectivity index (χ0n) is 13.7. The minimum Gasteiger partial charge on any atom is -0.468 e. The monoisotopic (exact) mass is 285 g/mol. The maximum absolute atomic E-state index is 12.0. The number of nitrogens with one attached hydrogen (secondary N) is 1. The molecule has 0 spiro atoms. The highest BCUT2D eigenvalue weighted by Crippen LogP contribution is 2.25. The van der Waals surface area contributed by atoms with Crippen LogP contribution in [0.4, 0.5) is 0 Å². The van der Waals surface area contributed by atoms with Crippen LogP contribution in [0.15, 0.2) is 0 Å². The predicted octanol–water partition coefficient (Wildman–Crippen LogP) is 0.944. The van der Waals surface area contributed by atoms with Crippen molar-refractivity contribution >= 4 is 5.97 Å². The van der Waals surface area contributed by atoms with Gasteiger partial charge < -0.3 is 14.5 Å². The molecule has 0 aromatic heterocycles. The van der Waals surface area contributed by atoms with Gasteiger partial charge in [-0.15, -0.1) is 0 Å². The molecule has 0 radical (unpaired) electrons. The highest BCUT2D eigenvalue weighted by atomic mass is 16.5. The number of carbonyl (C=O) groups excluding carboxylic acids is 1. The van der Waals surface area contributed by atoms with Crippen LogP contribution in [0.25, 0.3) is 0 Å². The minimum atomic E-state index is -0.550. The van der Waals surface area contributed by atoms with E-state index in [-0.39, 0.29) is 5.97 Å². The quantitative estimate of drug-likeness (QED) is 0.605. The van der Waals surface area contributed by atoms with Gasteiger partial charge in [-0.3, -0.25) is 10.1 Å². The molecule has 0 amide bonds. The lowest BCUT2D eigenvalue weighted by atomic mass is 9.97. The summed E-state index contributed by atoms with van der Waals surface area (Å²) in [5, 5.41) is 3.44. The van der Waals surface area contributed by atoms with Crippen LogP contribution in [0.1, 0.15) is 32.6 Å². The highest BCUT2D eigenvalue weighted by Gasteiger charge is 2.39. The van der Waals surface area contributed by atoms with Gasteiger partial charge in [0.2, 0.25) is 0 Å². The van der Waals surface area contributed by atoms with Crippen molar-refractivity contribution in [3.8, 4) is 0 Å². The third-order valence-electron chi connectivity index (χ3n) is 3.87. The Bertz CT molecular complexity index is 305. The van der Waals surface area contributed by atoms with Gasteiger partial charge in [0.25, 0.3) is 0 Å². The summed E-state index contributed by atoms with van der Waals surface area (Å²) in [5.41, 5.74) is -0.550. The molecule has 1 saturated carbocycles. The standard InChI is InChI=1S/C15H31N3O2/c1-15(14(19)20-5,16-13-7-8-13)9-12-18(4)11-6-10-17(2)3/h13,16H,6-12H2,1-5H3. The fraction of sp³-hybridized carbons (Fsp3) is 0.933. The molecule has 5 nitrogen and oxygen atoms in total. The average molecular weight is 285 g/mol. The second-order valence-corrected chi connectivity index (χ2v) is 6.45. The first-order chi connectivity index (χ1) is 9.37. The number of esters is 1. The van der Waals surface area contributed by atoms with Gasteiger partial charge >= 0.3 is 5.97 Å². The van der Waals surface area contributed by atoms with Crippen molar-refractivity contribution < 1.29 is 9.53 Å². The van der Waals surface area contributed by atoms with Crippen LogP contribution < -0.4 is 5.32 Å². The summed E-state index contributed by atoms with van der Waals surface area (Å²) in [6, 6.07) is 0.498. The van der Waals surface area contributed by atoms with Crippen molar-refractivity contribution in [1.29, 1.82) is 0 Å². The van der Waals surface area contributed by atoms with E-state index in [1.165, 1.54) is 20.0 Å². The minimum absolute atomic E-state index is 0.147. The molecule has 1 aliphatic rings. The number of ether oxygens (including phenoxy) is 1. The van der Waals surface area contributed by atoms with Gasteiger partial charge in [-0.25, -0.2) is 0 Å². The molecule has 1 N–H and O–H groups in total. The Labute approximate surface area is 123 Å². The summed E-state index contributed by atoms with van der Waals surface area (Å²) >= 11 is 0. The van der Waals surface area contributed by atoms with Gasteiger partial charge in [0.15, 0.2) is 0 Å². The van der Waals surface area contributed by atoms with Crippen molar-refractivity contribution in [3.05, 3.63) is 0 Å². The molecule has 0 aromatic rings. The molecule has 0 aliphatic heterocycles. The van der Waals surface area contributed by atoms with E-state index in [1.807, 2.05) is 6.92 Å². The summed E-state index contributed by atoms with van der Waals surface area (Å²) in [4.78, 5) is 16.5. The Balaban J connectivity index is 2.35. The molecule has 20 heavy (non-hydrogen) atoms. The molecule has 0 saturated heterocycles. The van der Waals surface area contributed by atoms with Crippen LogP contribution >= 0.6 is 0 Å². The van der Waals surface area contributed by atoms with E-state index in [0.29, 0.717) is 6.04 Å². The maximum Gasteiger partial charge on any atom is 0.325 e. The van der Waals surface area contributed by atoms with Crippen LogP contribution in [0, 0.1) is 0 Å². The molecule has 1 aliphatic carbocycles. The molecule has 1 rings (SSSR count). The van der Waals surface area contributed by atoms with Gasteiger partial charge in [0.1, 0.15) is 5.54 Å². The third-order valence-corrected chi connectivity index (χ3v) is 3.87. The Kier molecular flexibility index (Phi) is 6.92. The molecule has 1 unspecified atom stereocenters. The fourth-order valence-electron chi connectivity index (χ4n) is 2.32. The van der Waals surface area contributed by atoms with E-state index in [4.69, 9.17) is 4.74 Å². The Morgan fingerprint density at radius 2 is 1.90 bits per heavy atom. The second kappa shape index (κ2) is 7.96. The third kappa shape index (κ3) is 6.20. The first-order valence-corrected chi connectivity index (χ1v) is 7.57.